The first kappa shape index (κ1) is 18.0. The van der Waals surface area contributed by atoms with E-state index in [1.807, 2.05) is 30.3 Å². The van der Waals surface area contributed by atoms with Gasteiger partial charge in [-0.15, -0.1) is 0 Å². The van der Waals surface area contributed by atoms with Crippen molar-refractivity contribution >= 4 is 50.2 Å². The van der Waals surface area contributed by atoms with Crippen LogP contribution in [0, 0.1) is 0 Å². The van der Waals surface area contributed by atoms with Crippen LogP contribution in [0.15, 0.2) is 83.3 Å². The zero-order valence-corrected chi connectivity index (χ0v) is 16.3. The van der Waals surface area contributed by atoms with Gasteiger partial charge in [0.05, 0.1) is 11.1 Å². The number of para-hydroxylation sites is 2. The van der Waals surface area contributed by atoms with Gasteiger partial charge in [0.25, 0.3) is 11.8 Å². The summed E-state index contributed by atoms with van der Waals surface area (Å²) in [5.41, 5.74) is 8.32. The maximum Gasteiger partial charge on any atom is 0.263 e. The number of nitrogen functional groups attached to an aromatic ring is 1. The van der Waals surface area contributed by atoms with Gasteiger partial charge >= 0.3 is 0 Å². The number of anilines is 2. The van der Waals surface area contributed by atoms with E-state index in [1.54, 1.807) is 48.5 Å². The van der Waals surface area contributed by atoms with E-state index < -0.39 is 0 Å². The van der Waals surface area contributed by atoms with E-state index in [0.717, 1.165) is 4.47 Å². The topological polar surface area (TPSA) is 77.1 Å². The highest BCUT2D eigenvalue weighted by Crippen LogP contribution is 2.30. The van der Waals surface area contributed by atoms with Crippen LogP contribution in [0.25, 0.3) is 10.9 Å². The Morgan fingerprint density at radius 3 is 2.21 bits per heavy atom. The van der Waals surface area contributed by atoms with E-state index in [2.05, 4.69) is 21.2 Å². The fourth-order valence-corrected chi connectivity index (χ4v) is 3.42. The van der Waals surface area contributed by atoms with Crippen molar-refractivity contribution in [3.05, 3.63) is 94.5 Å². The second-order valence-corrected chi connectivity index (χ2v) is 7.16. The Balaban J connectivity index is 1.83. The Labute approximate surface area is 169 Å². The normalized spacial score (nSPS) is 10.8. The number of halogens is 1. The van der Waals surface area contributed by atoms with Gasteiger partial charge < -0.3 is 11.1 Å². The number of carbonyl (C=O) groups excluding carboxylic acids is 2. The van der Waals surface area contributed by atoms with E-state index in [1.165, 1.54) is 4.57 Å². The lowest BCUT2D eigenvalue weighted by atomic mass is 10.1. The highest BCUT2D eigenvalue weighted by atomic mass is 79.9. The Bertz CT molecular complexity index is 1180. The summed E-state index contributed by atoms with van der Waals surface area (Å²) in [6.07, 6.45) is 0. The van der Waals surface area contributed by atoms with E-state index in [-0.39, 0.29) is 23.2 Å². The largest absolute Gasteiger partial charge is 0.384 e. The third-order valence-electron chi connectivity index (χ3n) is 4.46. The fourth-order valence-electron chi connectivity index (χ4n) is 3.15. The number of amides is 1. The third kappa shape index (κ3) is 3.18. The predicted molar refractivity (Wildman–Crippen MR) is 115 cm³/mol. The molecule has 0 aliphatic heterocycles. The molecule has 0 saturated heterocycles. The minimum absolute atomic E-state index is 0.113. The standard InChI is InChI=1S/C22H16BrN3O2/c23-15-12-10-14(11-13-15)22(28)26-18-9-5-4-8-17(18)19(20(26)24)21(27)25-16-6-2-1-3-7-16/h1-13H,24H2,(H,25,27). The number of nitrogens with two attached hydrogens (primary N) is 1. The Hall–Kier alpha value is -3.38. The van der Waals surface area contributed by atoms with Crippen LogP contribution < -0.4 is 11.1 Å². The molecule has 0 atom stereocenters. The van der Waals surface area contributed by atoms with Crippen molar-refractivity contribution in [1.82, 2.24) is 4.57 Å². The summed E-state index contributed by atoms with van der Waals surface area (Å²) in [6.45, 7) is 0. The number of hydrogen-bond donors (Lipinski definition) is 2. The van der Waals surface area contributed by atoms with Gasteiger partial charge in [-0.2, -0.15) is 0 Å². The van der Waals surface area contributed by atoms with Gasteiger partial charge in [0.1, 0.15) is 5.82 Å². The summed E-state index contributed by atoms with van der Waals surface area (Å²) in [6, 6.07) is 23.3. The number of rotatable bonds is 3. The molecule has 5 nitrogen and oxygen atoms in total. The molecule has 0 bridgehead atoms. The van der Waals surface area contributed by atoms with E-state index >= 15 is 0 Å². The van der Waals surface area contributed by atoms with Crippen molar-refractivity contribution in [1.29, 1.82) is 0 Å². The number of fused-ring (bicyclic) bond motifs is 1. The molecule has 6 heteroatoms. The Morgan fingerprint density at radius 1 is 0.857 bits per heavy atom. The van der Waals surface area contributed by atoms with Crippen molar-refractivity contribution in [3.63, 3.8) is 0 Å². The Morgan fingerprint density at radius 2 is 1.50 bits per heavy atom. The number of benzene rings is 3. The molecule has 0 spiro atoms. The molecule has 3 aromatic carbocycles. The molecule has 0 aliphatic carbocycles. The van der Waals surface area contributed by atoms with Crippen molar-refractivity contribution < 1.29 is 9.59 Å². The van der Waals surface area contributed by atoms with Gasteiger partial charge in [0, 0.05) is 21.1 Å². The molecule has 4 aromatic rings. The summed E-state index contributed by atoms with van der Waals surface area (Å²) < 4.78 is 2.26. The van der Waals surface area contributed by atoms with Crippen LogP contribution in [-0.2, 0) is 0 Å². The van der Waals surface area contributed by atoms with Crippen LogP contribution in [0.4, 0.5) is 11.5 Å². The lowest BCUT2D eigenvalue weighted by molar-refractivity contribution is 0.0967. The Kier molecular flexibility index (Phi) is 4.71. The summed E-state index contributed by atoms with van der Waals surface area (Å²) in [7, 11) is 0. The minimum Gasteiger partial charge on any atom is -0.384 e. The van der Waals surface area contributed by atoms with E-state index in [4.69, 9.17) is 5.73 Å². The first-order valence-corrected chi connectivity index (χ1v) is 9.41. The van der Waals surface area contributed by atoms with Crippen LogP contribution in [0.1, 0.15) is 20.7 Å². The molecule has 1 heterocycles. The molecular weight excluding hydrogens is 418 g/mol. The molecule has 0 unspecified atom stereocenters. The molecule has 138 valence electrons. The van der Waals surface area contributed by atoms with Gasteiger partial charge in [0.2, 0.25) is 0 Å². The van der Waals surface area contributed by atoms with Crippen LogP contribution in [0.2, 0.25) is 0 Å². The first-order valence-electron chi connectivity index (χ1n) is 8.62. The minimum atomic E-state index is -0.359. The fraction of sp³-hybridized carbons (Fsp3) is 0. The maximum absolute atomic E-state index is 13.1. The van der Waals surface area contributed by atoms with E-state index in [0.29, 0.717) is 22.2 Å². The molecule has 1 amide bonds. The average Bonchev–Trinajstić information content (AvgIpc) is 3.00. The van der Waals surface area contributed by atoms with Gasteiger partial charge in [-0.05, 0) is 42.5 Å². The van der Waals surface area contributed by atoms with Gasteiger partial charge in [0.15, 0.2) is 0 Å². The lowest BCUT2D eigenvalue weighted by Crippen LogP contribution is -2.17. The number of carbonyl (C=O) groups is 2. The second-order valence-electron chi connectivity index (χ2n) is 6.24. The number of aromatic nitrogens is 1. The second kappa shape index (κ2) is 7.32. The molecule has 0 fully saturated rings. The maximum atomic E-state index is 13.1. The van der Waals surface area contributed by atoms with Gasteiger partial charge in [-0.25, -0.2) is 0 Å². The average molecular weight is 434 g/mol. The smallest absolute Gasteiger partial charge is 0.263 e. The van der Waals surface area contributed by atoms with Gasteiger partial charge in [-0.3, -0.25) is 14.2 Å². The monoisotopic (exact) mass is 433 g/mol. The zero-order valence-electron chi connectivity index (χ0n) is 14.7. The first-order chi connectivity index (χ1) is 13.6. The molecule has 3 N–H and O–H groups in total. The van der Waals surface area contributed by atoms with E-state index in [9.17, 15) is 9.59 Å². The van der Waals surface area contributed by atoms with Crippen molar-refractivity contribution in [2.45, 2.75) is 0 Å². The van der Waals surface area contributed by atoms with Crippen LogP contribution in [0.5, 0.6) is 0 Å². The van der Waals surface area contributed by atoms with Crippen LogP contribution >= 0.6 is 15.9 Å². The summed E-state index contributed by atoms with van der Waals surface area (Å²) >= 11 is 3.36. The predicted octanol–water partition coefficient (Wildman–Crippen LogP) is 4.93. The van der Waals surface area contributed by atoms with Gasteiger partial charge in [-0.1, -0.05) is 52.3 Å². The number of hydrogen-bond acceptors (Lipinski definition) is 3. The third-order valence-corrected chi connectivity index (χ3v) is 4.99. The molecule has 28 heavy (non-hydrogen) atoms. The zero-order chi connectivity index (χ0) is 19.7. The van der Waals surface area contributed by atoms with Crippen LogP contribution in [0.3, 0.4) is 0 Å². The summed E-state index contributed by atoms with van der Waals surface area (Å²) in [5, 5.41) is 3.46. The highest BCUT2D eigenvalue weighted by Gasteiger charge is 2.24. The summed E-state index contributed by atoms with van der Waals surface area (Å²) in [5.74, 6) is -0.537. The number of nitrogens with one attached hydrogen (secondary N) is 1. The lowest BCUT2D eigenvalue weighted by Gasteiger charge is -2.08. The molecular formula is C22H16BrN3O2. The molecule has 0 radical (unpaired) electrons. The van der Waals surface area contributed by atoms with Crippen LogP contribution in [-0.4, -0.2) is 16.4 Å². The molecule has 1 aromatic heterocycles. The molecule has 0 saturated carbocycles. The SMILES string of the molecule is Nc1c(C(=O)Nc2ccccc2)c2ccccc2n1C(=O)c1ccc(Br)cc1. The summed E-state index contributed by atoms with van der Waals surface area (Å²) in [4.78, 5) is 26.1. The van der Waals surface area contributed by atoms with Crippen molar-refractivity contribution in [3.8, 4) is 0 Å². The van der Waals surface area contributed by atoms with Crippen molar-refractivity contribution in [2.24, 2.45) is 0 Å². The number of nitrogens with zero attached hydrogens (tertiary/aromatic N) is 1. The molecule has 4 rings (SSSR count). The highest BCUT2D eigenvalue weighted by molar-refractivity contribution is 9.10. The molecule has 0 aliphatic rings. The van der Waals surface area contributed by atoms with Crippen molar-refractivity contribution in [2.75, 3.05) is 11.1 Å². The quantitative estimate of drug-likeness (QED) is 0.480.